The number of hydrogen-bond donors (Lipinski definition) is 2. The average molecular weight is 488 g/mol. The van der Waals surface area contributed by atoms with Crippen LogP contribution in [0.3, 0.4) is 0 Å². The van der Waals surface area contributed by atoms with Crippen molar-refractivity contribution in [1.29, 1.82) is 0 Å². The summed E-state index contributed by atoms with van der Waals surface area (Å²) in [6.07, 6.45) is -1.34. The molecule has 1 saturated carbocycles. The van der Waals surface area contributed by atoms with Crippen molar-refractivity contribution >= 4 is 15.9 Å². The Morgan fingerprint density at radius 1 is 1.09 bits per heavy atom. The fourth-order valence-corrected chi connectivity index (χ4v) is 7.08. The first-order valence-corrected chi connectivity index (χ1v) is 12.9. The van der Waals surface area contributed by atoms with Crippen molar-refractivity contribution in [2.24, 2.45) is 17.3 Å². The smallest absolute Gasteiger partial charge is 0.352 e. The molecule has 4 unspecified atom stereocenters. The van der Waals surface area contributed by atoms with E-state index in [0.717, 1.165) is 37.8 Å². The first kappa shape index (κ1) is 24.5. The molecule has 2 saturated heterocycles. The van der Waals surface area contributed by atoms with E-state index >= 15 is 0 Å². The summed E-state index contributed by atoms with van der Waals surface area (Å²) < 4.78 is 66.6. The number of benzene rings is 1. The number of carbonyl (C=O) groups is 1. The molecule has 1 amide bonds. The van der Waals surface area contributed by atoms with Crippen molar-refractivity contribution in [3.8, 4) is 0 Å². The second-order valence-electron chi connectivity index (χ2n) is 10.7. The molecule has 2 heterocycles. The van der Waals surface area contributed by atoms with Crippen molar-refractivity contribution < 1.29 is 26.4 Å². The number of alkyl halides is 3. The molecular formula is C23H32F3N3O3S. The number of halogens is 3. The van der Waals surface area contributed by atoms with Gasteiger partial charge in [0.1, 0.15) is 0 Å². The maximum atomic E-state index is 13.1. The number of fused-ring (bicyclic) bond motifs is 1. The van der Waals surface area contributed by atoms with Gasteiger partial charge in [0, 0.05) is 25.2 Å². The van der Waals surface area contributed by atoms with Crippen LogP contribution in [0.2, 0.25) is 0 Å². The van der Waals surface area contributed by atoms with Crippen LogP contribution in [0.25, 0.3) is 0 Å². The van der Waals surface area contributed by atoms with Crippen LogP contribution in [0.1, 0.15) is 52.0 Å². The Kier molecular flexibility index (Phi) is 6.33. The monoisotopic (exact) mass is 487 g/mol. The number of sulfonamides is 1. The van der Waals surface area contributed by atoms with Gasteiger partial charge < -0.3 is 10.6 Å². The maximum Gasteiger partial charge on any atom is 0.416 e. The normalized spacial score (nSPS) is 31.0. The van der Waals surface area contributed by atoms with Crippen LogP contribution >= 0.6 is 0 Å². The molecule has 3 fully saturated rings. The van der Waals surface area contributed by atoms with Crippen LogP contribution in [0.4, 0.5) is 13.2 Å². The topological polar surface area (TPSA) is 78.5 Å². The number of carbonyl (C=O) groups excluding carboxylic acids is 1. The van der Waals surface area contributed by atoms with Gasteiger partial charge in [-0.1, -0.05) is 26.8 Å². The van der Waals surface area contributed by atoms with Crippen LogP contribution in [0, 0.1) is 17.3 Å². The van der Waals surface area contributed by atoms with E-state index in [1.807, 2.05) is 0 Å². The lowest BCUT2D eigenvalue weighted by Gasteiger charge is -2.28. The molecule has 6 nitrogen and oxygen atoms in total. The number of nitrogens with zero attached hydrogens (tertiary/aromatic N) is 1. The van der Waals surface area contributed by atoms with E-state index in [4.69, 9.17) is 0 Å². The quantitative estimate of drug-likeness (QED) is 0.683. The molecule has 0 spiro atoms. The number of amides is 1. The SMILES string of the molecule is CC(C)(C)C1CCC(C(=O)NC2CCC3CN(S(=O)(=O)c4cccc(C(F)(F)F)c4)C[C@@H]32)N1. The molecule has 184 valence electrons. The third kappa shape index (κ3) is 4.93. The lowest BCUT2D eigenvalue weighted by molar-refractivity contribution is -0.137. The van der Waals surface area contributed by atoms with Crippen molar-refractivity contribution in [3.63, 3.8) is 0 Å². The lowest BCUT2D eigenvalue weighted by atomic mass is 9.86. The fraction of sp³-hybridized carbons (Fsp3) is 0.696. The van der Waals surface area contributed by atoms with E-state index in [2.05, 4.69) is 31.4 Å². The summed E-state index contributed by atoms with van der Waals surface area (Å²) in [6.45, 7) is 6.90. The largest absolute Gasteiger partial charge is 0.416 e. The van der Waals surface area contributed by atoms with Gasteiger partial charge in [0.15, 0.2) is 0 Å². The second kappa shape index (κ2) is 8.53. The summed E-state index contributed by atoms with van der Waals surface area (Å²) in [5.41, 5.74) is -0.914. The summed E-state index contributed by atoms with van der Waals surface area (Å²) in [5, 5.41) is 6.56. The van der Waals surface area contributed by atoms with E-state index in [0.29, 0.717) is 6.07 Å². The van der Waals surface area contributed by atoms with Gasteiger partial charge in [0.05, 0.1) is 16.5 Å². The predicted octanol–water partition coefficient (Wildman–Crippen LogP) is 3.39. The van der Waals surface area contributed by atoms with Gasteiger partial charge >= 0.3 is 6.18 Å². The van der Waals surface area contributed by atoms with Gasteiger partial charge in [-0.2, -0.15) is 17.5 Å². The molecule has 10 heteroatoms. The van der Waals surface area contributed by atoms with Crippen LogP contribution in [0.5, 0.6) is 0 Å². The van der Waals surface area contributed by atoms with Crippen molar-refractivity contribution in [1.82, 2.24) is 14.9 Å². The minimum atomic E-state index is -4.61. The Balaban J connectivity index is 1.41. The van der Waals surface area contributed by atoms with Gasteiger partial charge in [0.2, 0.25) is 15.9 Å². The second-order valence-corrected chi connectivity index (χ2v) is 12.6. The Labute approximate surface area is 193 Å². The van der Waals surface area contributed by atoms with Gasteiger partial charge in [-0.05, 0) is 61.1 Å². The van der Waals surface area contributed by atoms with Crippen molar-refractivity contribution in [2.45, 2.75) is 75.7 Å². The predicted molar refractivity (Wildman–Crippen MR) is 118 cm³/mol. The Morgan fingerprint density at radius 2 is 1.82 bits per heavy atom. The van der Waals surface area contributed by atoms with Crippen molar-refractivity contribution in [2.75, 3.05) is 13.1 Å². The minimum absolute atomic E-state index is 0.0330. The third-order valence-electron chi connectivity index (χ3n) is 7.46. The zero-order valence-corrected chi connectivity index (χ0v) is 20.0. The molecule has 3 aliphatic rings. The number of hydrogen-bond acceptors (Lipinski definition) is 4. The molecule has 4 rings (SSSR count). The Morgan fingerprint density at radius 3 is 2.45 bits per heavy atom. The molecular weight excluding hydrogens is 455 g/mol. The molecule has 2 N–H and O–H groups in total. The Bertz CT molecular complexity index is 1010. The fourth-order valence-electron chi connectivity index (χ4n) is 5.50. The van der Waals surface area contributed by atoms with E-state index in [9.17, 15) is 26.4 Å². The van der Waals surface area contributed by atoms with Crippen LogP contribution in [-0.4, -0.2) is 49.8 Å². The van der Waals surface area contributed by atoms with Gasteiger partial charge in [-0.25, -0.2) is 8.42 Å². The lowest BCUT2D eigenvalue weighted by Crippen LogP contribution is -2.50. The van der Waals surface area contributed by atoms with Crippen LogP contribution in [-0.2, 0) is 21.0 Å². The zero-order valence-electron chi connectivity index (χ0n) is 19.2. The molecule has 33 heavy (non-hydrogen) atoms. The number of nitrogens with one attached hydrogen (secondary N) is 2. The summed E-state index contributed by atoms with van der Waals surface area (Å²) in [5.74, 6) is 0.00987. The van der Waals surface area contributed by atoms with E-state index < -0.39 is 21.8 Å². The first-order valence-electron chi connectivity index (χ1n) is 11.5. The molecule has 0 aromatic heterocycles. The molecule has 5 atom stereocenters. The van der Waals surface area contributed by atoms with E-state index in [-0.39, 0.29) is 59.3 Å². The zero-order chi connectivity index (χ0) is 24.2. The summed E-state index contributed by atoms with van der Waals surface area (Å²) in [7, 11) is -4.05. The summed E-state index contributed by atoms with van der Waals surface area (Å²) in [4.78, 5) is 12.5. The first-order chi connectivity index (χ1) is 15.3. The number of rotatable bonds is 4. The highest BCUT2D eigenvalue weighted by atomic mass is 32.2. The molecule has 1 aliphatic carbocycles. The minimum Gasteiger partial charge on any atom is -0.352 e. The highest BCUT2D eigenvalue weighted by molar-refractivity contribution is 7.89. The molecule has 0 bridgehead atoms. The summed E-state index contributed by atoms with van der Waals surface area (Å²) in [6, 6.07) is 3.78. The van der Waals surface area contributed by atoms with Crippen LogP contribution in [0.15, 0.2) is 29.2 Å². The summed E-state index contributed by atoms with van der Waals surface area (Å²) >= 11 is 0. The molecule has 1 aromatic rings. The molecule has 1 aromatic carbocycles. The average Bonchev–Trinajstić information content (AvgIpc) is 3.44. The molecule has 2 aliphatic heterocycles. The third-order valence-corrected chi connectivity index (χ3v) is 9.29. The van der Waals surface area contributed by atoms with Crippen molar-refractivity contribution in [3.05, 3.63) is 29.8 Å². The van der Waals surface area contributed by atoms with Gasteiger partial charge in [-0.15, -0.1) is 0 Å². The van der Waals surface area contributed by atoms with E-state index in [1.54, 1.807) is 0 Å². The standard InChI is InChI=1S/C23H32F3N3O3S/c1-22(2,3)20-10-9-19(27-20)21(30)28-18-8-7-14-12-29(13-17(14)18)33(31,32)16-6-4-5-15(11-16)23(24,25)26/h4-6,11,14,17-20,27H,7-10,12-13H2,1-3H3,(H,28,30)/t14?,17-,18?,19?,20?/m0/s1. The van der Waals surface area contributed by atoms with Gasteiger partial charge in [0.25, 0.3) is 0 Å². The maximum absolute atomic E-state index is 13.1. The van der Waals surface area contributed by atoms with E-state index in [1.165, 1.54) is 10.4 Å². The molecule has 0 radical (unpaired) electrons. The highest BCUT2D eigenvalue weighted by Crippen LogP contribution is 2.41. The highest BCUT2D eigenvalue weighted by Gasteiger charge is 2.47. The van der Waals surface area contributed by atoms with Crippen LogP contribution < -0.4 is 10.6 Å². The Hall–Kier alpha value is -1.65. The van der Waals surface area contributed by atoms with Gasteiger partial charge in [-0.3, -0.25) is 4.79 Å².